The molecular weight excluding hydrogens is 627 g/mol. The number of carbonyl (C=O) groups is 4. The molecule has 0 fully saturated rings. The van der Waals surface area contributed by atoms with Gasteiger partial charge in [0.25, 0.3) is 0 Å². The summed E-state index contributed by atoms with van der Waals surface area (Å²) in [5.41, 5.74) is 1.72. The molecule has 0 spiro atoms. The second-order valence-corrected chi connectivity index (χ2v) is 11.6. The Morgan fingerprint density at radius 3 is 2.30 bits per heavy atom. The van der Waals surface area contributed by atoms with Crippen LogP contribution in [0.15, 0.2) is 55.0 Å². The van der Waals surface area contributed by atoms with Crippen LogP contribution in [0.1, 0.15) is 37.9 Å². The van der Waals surface area contributed by atoms with Crippen LogP contribution in [0.2, 0.25) is 0 Å². The average molecular weight is 668 g/mol. The van der Waals surface area contributed by atoms with Crippen molar-refractivity contribution in [3.63, 3.8) is 0 Å². The van der Waals surface area contributed by atoms with Crippen molar-refractivity contribution in [3.8, 4) is 0 Å². The van der Waals surface area contributed by atoms with Gasteiger partial charge in [0.1, 0.15) is 6.04 Å². The number of benzene rings is 2. The highest BCUT2D eigenvalue weighted by atomic mass is 32.2. The number of nitrogens with zero attached hydrogens (tertiary/aromatic N) is 2. The Morgan fingerprint density at radius 2 is 1.72 bits per heavy atom. The minimum atomic E-state index is -5.08. The third-order valence-corrected chi connectivity index (χ3v) is 7.80. The number of aromatic nitrogens is 2. The van der Waals surface area contributed by atoms with Gasteiger partial charge in [-0.3, -0.25) is 14.5 Å². The van der Waals surface area contributed by atoms with E-state index in [1.54, 1.807) is 24.3 Å². The maximum Gasteiger partial charge on any atom is 0.490 e. The highest BCUT2D eigenvalue weighted by molar-refractivity contribution is 7.98. The molecule has 2 amide bonds. The lowest BCUT2D eigenvalue weighted by Gasteiger charge is -2.31. The third kappa shape index (κ3) is 13.1. The molecule has 11 nitrogen and oxygen atoms in total. The van der Waals surface area contributed by atoms with E-state index < -0.39 is 24.2 Å². The van der Waals surface area contributed by atoms with E-state index in [0.717, 1.165) is 22.8 Å². The smallest absolute Gasteiger partial charge is 0.480 e. The lowest BCUT2D eigenvalue weighted by Crippen LogP contribution is -2.51. The van der Waals surface area contributed by atoms with E-state index in [9.17, 15) is 32.7 Å². The zero-order chi connectivity index (χ0) is 34.3. The summed E-state index contributed by atoms with van der Waals surface area (Å²) in [5.74, 6) is -3.50. The predicted octanol–water partition coefficient (Wildman–Crippen LogP) is 4.09. The van der Waals surface area contributed by atoms with Crippen molar-refractivity contribution in [2.24, 2.45) is 5.92 Å². The number of carboxylic acids is 2. The molecule has 0 aliphatic carbocycles. The molecule has 5 N–H and O–H groups in total. The van der Waals surface area contributed by atoms with Gasteiger partial charge in [0.15, 0.2) is 0 Å². The molecule has 3 rings (SSSR count). The topological polar surface area (TPSA) is 165 Å². The molecule has 252 valence electrons. The molecule has 3 aromatic rings. The minimum Gasteiger partial charge on any atom is -0.480 e. The van der Waals surface area contributed by atoms with Crippen molar-refractivity contribution >= 4 is 46.3 Å². The molecule has 1 aromatic heterocycles. The van der Waals surface area contributed by atoms with Crippen LogP contribution in [0.5, 0.6) is 0 Å². The first kappa shape index (κ1) is 38.1. The lowest BCUT2D eigenvalue weighted by atomic mass is 9.97. The third-order valence-electron chi connectivity index (χ3n) is 7.16. The molecule has 15 heteroatoms. The van der Waals surface area contributed by atoms with Crippen molar-refractivity contribution in [1.82, 2.24) is 25.5 Å². The SMILES string of the molecule is CCC(C)C(CN(CC(=O)NC(CCSC)C(=O)O)Cc1cccc2ccccc12)NC(=O)Cc1c[nH]cn1.O=C(O)C(F)(F)F. The molecule has 2 aromatic carbocycles. The normalized spacial score (nSPS) is 13.3. The van der Waals surface area contributed by atoms with Crippen molar-refractivity contribution in [1.29, 1.82) is 0 Å². The van der Waals surface area contributed by atoms with Gasteiger partial charge in [-0.05, 0) is 40.7 Å². The van der Waals surface area contributed by atoms with Crippen LogP contribution in [0.3, 0.4) is 0 Å². The van der Waals surface area contributed by atoms with E-state index in [0.29, 0.717) is 31.0 Å². The largest absolute Gasteiger partial charge is 0.490 e. The van der Waals surface area contributed by atoms with Gasteiger partial charge in [0, 0.05) is 25.3 Å². The van der Waals surface area contributed by atoms with E-state index >= 15 is 0 Å². The molecule has 1 heterocycles. The zero-order valence-electron chi connectivity index (χ0n) is 25.8. The fraction of sp³-hybridized carbons (Fsp3) is 0.452. The molecule has 0 bridgehead atoms. The van der Waals surface area contributed by atoms with Crippen LogP contribution in [-0.2, 0) is 32.1 Å². The Kier molecular flexibility index (Phi) is 15.5. The van der Waals surface area contributed by atoms with Crippen molar-refractivity contribution in [2.75, 3.05) is 25.1 Å². The van der Waals surface area contributed by atoms with Crippen LogP contribution in [0.25, 0.3) is 10.8 Å². The number of nitrogens with one attached hydrogen (secondary N) is 3. The van der Waals surface area contributed by atoms with Gasteiger partial charge < -0.3 is 25.8 Å². The number of aliphatic carboxylic acids is 2. The van der Waals surface area contributed by atoms with Crippen LogP contribution in [0, 0.1) is 5.92 Å². The lowest BCUT2D eigenvalue weighted by molar-refractivity contribution is -0.192. The second kappa shape index (κ2) is 18.8. The van der Waals surface area contributed by atoms with Gasteiger partial charge in [0.2, 0.25) is 11.8 Å². The van der Waals surface area contributed by atoms with Crippen molar-refractivity contribution in [2.45, 2.75) is 57.9 Å². The van der Waals surface area contributed by atoms with Crippen LogP contribution < -0.4 is 10.6 Å². The molecule has 0 aliphatic heterocycles. The summed E-state index contributed by atoms with van der Waals surface area (Å²) >= 11 is 1.54. The summed E-state index contributed by atoms with van der Waals surface area (Å²) in [6.07, 6.45) is 1.42. The maximum absolute atomic E-state index is 13.1. The molecule has 0 saturated carbocycles. The second-order valence-electron chi connectivity index (χ2n) is 10.6. The molecular formula is C31H40F3N5O6S. The quantitative estimate of drug-likeness (QED) is 0.151. The summed E-state index contributed by atoms with van der Waals surface area (Å²) in [7, 11) is 0. The number of alkyl halides is 3. The zero-order valence-corrected chi connectivity index (χ0v) is 26.7. The molecule has 0 aliphatic rings. The highest BCUT2D eigenvalue weighted by Gasteiger charge is 2.38. The number of fused-ring (bicyclic) bond motifs is 1. The summed E-state index contributed by atoms with van der Waals surface area (Å²) in [4.78, 5) is 55.6. The average Bonchev–Trinajstić information content (AvgIpc) is 3.51. The summed E-state index contributed by atoms with van der Waals surface area (Å²) in [6.45, 7) is 5.06. The fourth-order valence-electron chi connectivity index (χ4n) is 4.53. The number of hydrogen-bond acceptors (Lipinski definition) is 7. The Balaban J connectivity index is 0.000000942. The number of halogens is 3. The summed E-state index contributed by atoms with van der Waals surface area (Å²) in [5, 5.41) is 24.8. The Hall–Kier alpha value is -4.11. The van der Waals surface area contributed by atoms with E-state index in [2.05, 4.69) is 52.6 Å². The van der Waals surface area contributed by atoms with Crippen LogP contribution in [0.4, 0.5) is 13.2 Å². The first-order chi connectivity index (χ1) is 21.7. The minimum absolute atomic E-state index is 0.00837. The molecule has 3 unspecified atom stereocenters. The number of hydrogen-bond donors (Lipinski definition) is 5. The Labute approximate surface area is 269 Å². The maximum atomic E-state index is 13.1. The monoisotopic (exact) mass is 667 g/mol. The van der Waals surface area contributed by atoms with E-state index in [-0.39, 0.29) is 36.7 Å². The van der Waals surface area contributed by atoms with Gasteiger partial charge in [-0.2, -0.15) is 24.9 Å². The van der Waals surface area contributed by atoms with Gasteiger partial charge in [-0.25, -0.2) is 14.6 Å². The summed E-state index contributed by atoms with van der Waals surface area (Å²) in [6, 6.07) is 13.0. The summed E-state index contributed by atoms with van der Waals surface area (Å²) < 4.78 is 31.7. The van der Waals surface area contributed by atoms with E-state index in [1.165, 1.54) is 0 Å². The van der Waals surface area contributed by atoms with Crippen LogP contribution >= 0.6 is 11.8 Å². The number of aromatic amines is 1. The molecule has 46 heavy (non-hydrogen) atoms. The number of H-pyrrole nitrogens is 1. The number of thioether (sulfide) groups is 1. The first-order valence-corrected chi connectivity index (χ1v) is 15.9. The number of amides is 2. The number of carboxylic acid groups (broad SMARTS) is 2. The highest BCUT2D eigenvalue weighted by Crippen LogP contribution is 2.21. The Morgan fingerprint density at radius 1 is 1.04 bits per heavy atom. The van der Waals surface area contributed by atoms with Gasteiger partial charge in [0.05, 0.1) is 25.0 Å². The van der Waals surface area contributed by atoms with Crippen molar-refractivity contribution < 1.29 is 42.6 Å². The number of carbonyl (C=O) groups excluding carboxylic acids is 2. The predicted molar refractivity (Wildman–Crippen MR) is 169 cm³/mol. The van der Waals surface area contributed by atoms with Crippen LogP contribution in [-0.4, -0.2) is 92.2 Å². The van der Waals surface area contributed by atoms with Gasteiger partial charge >= 0.3 is 18.1 Å². The van der Waals surface area contributed by atoms with Gasteiger partial charge in [-0.1, -0.05) is 62.7 Å². The Bertz CT molecular complexity index is 1420. The molecule has 3 atom stereocenters. The first-order valence-electron chi connectivity index (χ1n) is 14.5. The van der Waals surface area contributed by atoms with E-state index in [1.807, 2.05) is 35.4 Å². The molecule has 0 saturated heterocycles. The molecule has 0 radical (unpaired) electrons. The number of rotatable bonds is 16. The van der Waals surface area contributed by atoms with E-state index in [4.69, 9.17) is 9.90 Å². The standard InChI is InChI=1S/C29H39N5O4S.C2HF3O2/c1-4-20(2)26(33-27(35)14-23-15-30-19-31-23)17-34(18-28(36)32-25(29(37)38)12-13-39-3)16-22-10-7-9-21-8-5-6-11-24(21)22;3-2(4,5)1(6)7/h5-11,15,19-20,25-26H,4,12-14,16-18H2,1-3H3,(H,30,31)(H,32,36)(H,33,35)(H,37,38);(H,6,7). The number of imidazole rings is 1. The fourth-order valence-corrected chi connectivity index (χ4v) is 5.00. The van der Waals surface area contributed by atoms with Gasteiger partial charge in [-0.15, -0.1) is 0 Å². The van der Waals surface area contributed by atoms with Crippen molar-refractivity contribution in [3.05, 3.63) is 66.2 Å².